The molecule has 1 saturated heterocycles. The molecule has 3 aromatic rings. The van der Waals surface area contributed by atoms with Gasteiger partial charge in [-0.25, -0.2) is 18.1 Å². The van der Waals surface area contributed by atoms with Crippen LogP contribution < -0.4 is 4.72 Å². The zero-order chi connectivity index (χ0) is 20.4. The maximum Gasteiger partial charge on any atom is 0.209 e. The van der Waals surface area contributed by atoms with Crippen molar-refractivity contribution in [3.05, 3.63) is 64.7 Å². The van der Waals surface area contributed by atoms with Crippen molar-refractivity contribution in [3.8, 4) is 0 Å². The minimum absolute atomic E-state index is 0.219. The van der Waals surface area contributed by atoms with Gasteiger partial charge < -0.3 is 0 Å². The molecule has 1 fully saturated rings. The highest BCUT2D eigenvalue weighted by molar-refractivity contribution is 7.88. The van der Waals surface area contributed by atoms with Crippen LogP contribution in [0.4, 0.5) is 0 Å². The lowest BCUT2D eigenvalue weighted by Crippen LogP contribution is -2.32. The molecule has 1 atom stereocenters. The monoisotopic (exact) mass is 429 g/mol. The number of benzene rings is 2. The van der Waals surface area contributed by atoms with Crippen LogP contribution in [-0.2, 0) is 16.6 Å². The van der Waals surface area contributed by atoms with Gasteiger partial charge in [-0.2, -0.15) is 0 Å². The summed E-state index contributed by atoms with van der Waals surface area (Å²) in [6, 6.07) is 16.4. The Morgan fingerprint density at radius 1 is 1.14 bits per heavy atom. The van der Waals surface area contributed by atoms with Gasteiger partial charge in [0.05, 0.1) is 21.5 Å². The lowest BCUT2D eigenvalue weighted by molar-refractivity contribution is 0.204. The number of nitrogens with zero attached hydrogens (tertiary/aromatic N) is 2. The highest BCUT2D eigenvalue weighted by Crippen LogP contribution is 2.34. The van der Waals surface area contributed by atoms with Crippen molar-refractivity contribution >= 4 is 31.6 Å². The predicted molar refractivity (Wildman–Crippen MR) is 120 cm³/mol. The molecule has 0 radical (unpaired) electrons. The Bertz CT molecular complexity index is 1040. The fourth-order valence-electron chi connectivity index (χ4n) is 3.96. The summed E-state index contributed by atoms with van der Waals surface area (Å²) in [7, 11) is -3.20. The van der Waals surface area contributed by atoms with E-state index in [2.05, 4.69) is 46.0 Å². The average Bonchev–Trinajstić information content (AvgIpc) is 3.12. The van der Waals surface area contributed by atoms with Crippen molar-refractivity contribution in [1.82, 2.24) is 14.6 Å². The molecule has 1 aliphatic rings. The number of likely N-dealkylation sites (tertiary alicyclic amines) is 1. The minimum Gasteiger partial charge on any atom is -0.299 e. The van der Waals surface area contributed by atoms with Crippen molar-refractivity contribution in [2.24, 2.45) is 0 Å². The first kappa shape index (κ1) is 20.5. The molecule has 0 aliphatic carbocycles. The lowest BCUT2D eigenvalue weighted by atomic mass is 9.97. The van der Waals surface area contributed by atoms with E-state index >= 15 is 0 Å². The van der Waals surface area contributed by atoms with Crippen LogP contribution in [0.3, 0.4) is 0 Å². The Morgan fingerprint density at radius 3 is 2.48 bits per heavy atom. The van der Waals surface area contributed by atoms with Gasteiger partial charge in [0.15, 0.2) is 0 Å². The first-order valence-electron chi connectivity index (χ1n) is 10.0. The van der Waals surface area contributed by atoms with Gasteiger partial charge in [-0.05, 0) is 56.1 Å². The van der Waals surface area contributed by atoms with Crippen LogP contribution in [0.15, 0.2) is 48.5 Å². The van der Waals surface area contributed by atoms with E-state index in [1.807, 2.05) is 30.4 Å². The molecule has 0 saturated carbocycles. The van der Waals surface area contributed by atoms with Crippen molar-refractivity contribution < 1.29 is 8.42 Å². The smallest absolute Gasteiger partial charge is 0.209 e. The van der Waals surface area contributed by atoms with E-state index in [0.717, 1.165) is 43.6 Å². The lowest BCUT2D eigenvalue weighted by Gasteiger charge is -2.31. The maximum atomic E-state index is 11.4. The molecule has 1 N–H and O–H groups in total. The zero-order valence-electron chi connectivity index (χ0n) is 16.8. The van der Waals surface area contributed by atoms with Gasteiger partial charge in [-0.1, -0.05) is 36.4 Å². The number of thiazole rings is 1. The fourth-order valence-corrected chi connectivity index (χ4v) is 5.88. The molecule has 0 spiro atoms. The van der Waals surface area contributed by atoms with E-state index in [9.17, 15) is 8.42 Å². The highest BCUT2D eigenvalue weighted by Gasteiger charge is 2.23. The SMILES string of the molecule is C[C@@H](NS(C)(=O)=O)c1ccc(CN2CCC(c3nc4ccccc4s3)CC2)cc1. The summed E-state index contributed by atoms with van der Waals surface area (Å²) in [5, 5.41) is 1.28. The zero-order valence-corrected chi connectivity index (χ0v) is 18.5. The van der Waals surface area contributed by atoms with Crippen LogP contribution in [-0.4, -0.2) is 37.6 Å². The molecule has 29 heavy (non-hydrogen) atoms. The van der Waals surface area contributed by atoms with Crippen LogP contribution >= 0.6 is 11.3 Å². The first-order valence-corrected chi connectivity index (χ1v) is 12.7. The third-order valence-corrected chi connectivity index (χ3v) is 7.50. The van der Waals surface area contributed by atoms with Crippen LogP contribution in [0.2, 0.25) is 0 Å². The van der Waals surface area contributed by atoms with Gasteiger partial charge in [0.1, 0.15) is 0 Å². The largest absolute Gasteiger partial charge is 0.299 e. The number of fused-ring (bicyclic) bond motifs is 1. The van der Waals surface area contributed by atoms with Gasteiger partial charge in [-0.3, -0.25) is 4.90 Å². The summed E-state index contributed by atoms with van der Waals surface area (Å²) in [6.45, 7) is 4.95. The van der Waals surface area contributed by atoms with Gasteiger partial charge in [0.25, 0.3) is 0 Å². The number of sulfonamides is 1. The molecule has 2 aromatic carbocycles. The van der Waals surface area contributed by atoms with E-state index in [-0.39, 0.29) is 6.04 Å². The maximum absolute atomic E-state index is 11.4. The molecule has 7 heteroatoms. The first-order chi connectivity index (χ1) is 13.9. The molecule has 0 amide bonds. The van der Waals surface area contributed by atoms with Crippen LogP contribution in [0.5, 0.6) is 0 Å². The molecular formula is C22H27N3O2S2. The van der Waals surface area contributed by atoms with Gasteiger partial charge >= 0.3 is 0 Å². The van der Waals surface area contributed by atoms with Crippen molar-refractivity contribution in [3.63, 3.8) is 0 Å². The third-order valence-electron chi connectivity index (χ3n) is 5.52. The second-order valence-electron chi connectivity index (χ2n) is 7.92. The average molecular weight is 430 g/mol. The third kappa shape index (κ3) is 5.22. The molecule has 1 aliphatic heterocycles. The number of piperidine rings is 1. The van der Waals surface area contributed by atoms with Crippen molar-refractivity contribution in [1.29, 1.82) is 0 Å². The molecule has 0 unspecified atom stereocenters. The minimum atomic E-state index is -3.20. The molecule has 0 bridgehead atoms. The number of para-hydroxylation sites is 1. The Hall–Kier alpha value is -1.80. The fraction of sp³-hybridized carbons (Fsp3) is 0.409. The number of hydrogen-bond donors (Lipinski definition) is 1. The summed E-state index contributed by atoms with van der Waals surface area (Å²) in [4.78, 5) is 7.35. The normalized spacial score (nSPS) is 17.6. The number of hydrogen-bond acceptors (Lipinski definition) is 5. The van der Waals surface area contributed by atoms with E-state index in [1.54, 1.807) is 0 Å². The summed E-state index contributed by atoms with van der Waals surface area (Å²) < 4.78 is 26.7. The summed E-state index contributed by atoms with van der Waals surface area (Å²) >= 11 is 1.84. The van der Waals surface area contributed by atoms with Crippen molar-refractivity contribution in [2.45, 2.75) is 38.3 Å². The Labute approximate surface area is 176 Å². The van der Waals surface area contributed by atoms with Crippen molar-refractivity contribution in [2.75, 3.05) is 19.3 Å². The summed E-state index contributed by atoms with van der Waals surface area (Å²) in [5.41, 5.74) is 3.36. The van der Waals surface area contributed by atoms with E-state index in [0.29, 0.717) is 5.92 Å². The molecule has 2 heterocycles. The Balaban J connectivity index is 1.32. The molecule has 1 aromatic heterocycles. The quantitative estimate of drug-likeness (QED) is 0.635. The van der Waals surface area contributed by atoms with Gasteiger partial charge in [0.2, 0.25) is 10.0 Å². The van der Waals surface area contributed by atoms with E-state index in [1.165, 1.54) is 21.5 Å². The summed E-state index contributed by atoms with van der Waals surface area (Å²) in [5.74, 6) is 0.564. The second kappa shape index (κ2) is 8.52. The summed E-state index contributed by atoms with van der Waals surface area (Å²) in [6.07, 6.45) is 3.48. The second-order valence-corrected chi connectivity index (χ2v) is 10.8. The topological polar surface area (TPSA) is 62.3 Å². The number of nitrogens with one attached hydrogen (secondary N) is 1. The van der Waals surface area contributed by atoms with Gasteiger partial charge in [0, 0.05) is 18.5 Å². The standard InChI is InChI=1S/C22H27N3O2S2/c1-16(24-29(2,26)27)18-9-7-17(8-10-18)15-25-13-11-19(12-14-25)22-23-20-5-3-4-6-21(20)28-22/h3-10,16,19,24H,11-15H2,1-2H3/t16-/m1/s1. The predicted octanol–water partition coefficient (Wildman–Crippen LogP) is 4.29. The molecular weight excluding hydrogens is 402 g/mol. The Kier molecular flexibility index (Phi) is 6.01. The number of rotatable bonds is 6. The Morgan fingerprint density at radius 2 is 1.83 bits per heavy atom. The van der Waals surface area contributed by atoms with Crippen LogP contribution in [0, 0.1) is 0 Å². The number of aromatic nitrogens is 1. The van der Waals surface area contributed by atoms with E-state index < -0.39 is 10.0 Å². The van der Waals surface area contributed by atoms with Crippen LogP contribution in [0.1, 0.15) is 47.9 Å². The molecule has 154 valence electrons. The van der Waals surface area contributed by atoms with Gasteiger partial charge in [-0.15, -0.1) is 11.3 Å². The highest BCUT2D eigenvalue weighted by atomic mass is 32.2. The molecule has 5 nitrogen and oxygen atoms in total. The van der Waals surface area contributed by atoms with E-state index in [4.69, 9.17) is 4.98 Å². The molecule has 4 rings (SSSR count). The van der Waals surface area contributed by atoms with Crippen LogP contribution in [0.25, 0.3) is 10.2 Å².